The fourth-order valence-electron chi connectivity index (χ4n) is 0.0393. The van der Waals surface area contributed by atoms with Crippen LogP contribution in [0.25, 0.3) is 0 Å². The molecule has 0 radical (unpaired) electrons. The van der Waals surface area contributed by atoms with Crippen LogP contribution in [0.4, 0.5) is 0 Å². The normalized spacial score (nSPS) is 8.80. The van der Waals surface area contributed by atoms with Crippen LogP contribution in [0.5, 0.6) is 0 Å². The molecule has 0 atom stereocenters. The molecule has 0 unspecified atom stereocenters. The van der Waals surface area contributed by atoms with Crippen LogP contribution in [-0.2, 0) is 4.58 Å². The lowest BCUT2D eigenvalue weighted by molar-refractivity contribution is -1.04. The summed E-state index contributed by atoms with van der Waals surface area (Å²) in [6.07, 6.45) is 2.23. The van der Waals surface area contributed by atoms with Crippen LogP contribution in [0.1, 0.15) is 0 Å². The van der Waals surface area contributed by atoms with Crippen molar-refractivity contribution in [3.63, 3.8) is 0 Å². The molecule has 0 aliphatic carbocycles. The number of hydrogen-bond donors (Lipinski definition) is 0. The van der Waals surface area contributed by atoms with Gasteiger partial charge in [-0.05, 0) is 0 Å². The second-order valence-corrected chi connectivity index (χ2v) is 0.468. The lowest BCUT2D eigenvalue weighted by Crippen LogP contribution is -1.94. The van der Waals surface area contributed by atoms with Crippen molar-refractivity contribution in [2.45, 2.75) is 0 Å². The Bertz CT molecular complexity index is 46.9. The van der Waals surface area contributed by atoms with Crippen LogP contribution in [-0.4, -0.2) is 6.29 Å². The SMILES string of the molecule is C=CC=[O+][O-]. The lowest BCUT2D eigenvalue weighted by Gasteiger charge is -1.55. The van der Waals surface area contributed by atoms with Gasteiger partial charge < -0.3 is 5.26 Å². The summed E-state index contributed by atoms with van der Waals surface area (Å²) >= 11 is 0. The van der Waals surface area contributed by atoms with Crippen LogP contribution in [0.3, 0.4) is 0 Å². The van der Waals surface area contributed by atoms with Gasteiger partial charge in [0.15, 0.2) is 0 Å². The molecular weight excluding hydrogens is 68.0 g/mol. The Hall–Kier alpha value is -0.790. The largest absolute Gasteiger partial charge is 0.463 e. The van der Waals surface area contributed by atoms with E-state index in [2.05, 4.69) is 11.2 Å². The van der Waals surface area contributed by atoms with Gasteiger partial charge in [-0.3, -0.25) is 0 Å². The van der Waals surface area contributed by atoms with Gasteiger partial charge in [-0.1, -0.05) is 6.58 Å². The van der Waals surface area contributed by atoms with Crippen LogP contribution in [0.15, 0.2) is 12.7 Å². The third-order valence-corrected chi connectivity index (χ3v) is 0.152. The standard InChI is InChI=1S/C3H4O2/c1-2-3-5-4/h2-3H,1H2. The minimum Gasteiger partial charge on any atom is -0.463 e. The molecule has 2 nitrogen and oxygen atoms in total. The van der Waals surface area contributed by atoms with Crippen LogP contribution in [0, 0.1) is 0 Å². The summed E-state index contributed by atoms with van der Waals surface area (Å²) in [4.78, 5) is 0. The van der Waals surface area contributed by atoms with Crippen LogP contribution in [0.2, 0.25) is 0 Å². The molecule has 0 bridgehead atoms. The van der Waals surface area contributed by atoms with Gasteiger partial charge in [0, 0.05) is 6.08 Å². The van der Waals surface area contributed by atoms with E-state index >= 15 is 0 Å². The van der Waals surface area contributed by atoms with Crippen molar-refractivity contribution in [1.82, 2.24) is 0 Å². The van der Waals surface area contributed by atoms with E-state index in [9.17, 15) is 0 Å². The first-order valence-corrected chi connectivity index (χ1v) is 1.14. The first-order chi connectivity index (χ1) is 2.41. The van der Waals surface area contributed by atoms with Crippen molar-refractivity contribution >= 4 is 6.29 Å². The van der Waals surface area contributed by atoms with Crippen molar-refractivity contribution in [1.29, 1.82) is 0 Å². The first kappa shape index (κ1) is 4.21. The van der Waals surface area contributed by atoms with Gasteiger partial charge in [0.05, 0.1) is 0 Å². The molecule has 0 aliphatic rings. The maximum Gasteiger partial charge on any atom is 0.341 e. The summed E-state index contributed by atoms with van der Waals surface area (Å²) in [6, 6.07) is 0. The van der Waals surface area contributed by atoms with E-state index < -0.39 is 0 Å². The zero-order valence-corrected chi connectivity index (χ0v) is 2.68. The van der Waals surface area contributed by atoms with E-state index in [0.29, 0.717) is 0 Å². The van der Waals surface area contributed by atoms with Gasteiger partial charge in [-0.25, -0.2) is 0 Å². The summed E-state index contributed by atoms with van der Waals surface area (Å²) in [5.41, 5.74) is 0. The van der Waals surface area contributed by atoms with E-state index in [1.807, 2.05) is 0 Å². The van der Waals surface area contributed by atoms with Gasteiger partial charge in [0.25, 0.3) is 0 Å². The minimum atomic E-state index is 0.958. The molecule has 0 aromatic rings. The molecule has 0 aliphatic heterocycles. The van der Waals surface area contributed by atoms with E-state index in [4.69, 9.17) is 5.26 Å². The second kappa shape index (κ2) is 3.21. The van der Waals surface area contributed by atoms with Gasteiger partial charge in [0.1, 0.15) is 0 Å². The van der Waals surface area contributed by atoms with Crippen LogP contribution >= 0.6 is 0 Å². The average molecular weight is 72.1 g/mol. The number of allylic oxidation sites excluding steroid dienone is 1. The Morgan fingerprint density at radius 3 is 2.40 bits per heavy atom. The first-order valence-electron chi connectivity index (χ1n) is 1.14. The van der Waals surface area contributed by atoms with Gasteiger partial charge >= 0.3 is 6.29 Å². The summed E-state index contributed by atoms with van der Waals surface area (Å²) in [5.74, 6) is 0. The highest BCUT2D eigenvalue weighted by molar-refractivity contribution is 5.63. The molecule has 0 amide bonds. The molecule has 2 heteroatoms. The fraction of sp³-hybridized carbons (Fsp3) is 0. The Morgan fingerprint density at radius 2 is 2.40 bits per heavy atom. The molecule has 28 valence electrons. The lowest BCUT2D eigenvalue weighted by atomic mass is 10.8. The quantitative estimate of drug-likeness (QED) is 0.131. The third kappa shape index (κ3) is 3.21. The molecule has 5 heavy (non-hydrogen) atoms. The molecule has 0 saturated carbocycles. The Balaban J connectivity index is 2.92. The number of rotatable bonds is 1. The molecule has 0 N–H and O–H groups in total. The highest BCUT2D eigenvalue weighted by atomic mass is 17.1. The van der Waals surface area contributed by atoms with Gasteiger partial charge in [0.2, 0.25) is 0 Å². The summed E-state index contributed by atoms with van der Waals surface area (Å²) in [5, 5.41) is 8.90. The topological polar surface area (TPSA) is 34.4 Å². The average Bonchev–Trinajstić information content (AvgIpc) is 1.41. The van der Waals surface area contributed by atoms with Gasteiger partial charge in [-0.2, -0.15) is 4.58 Å². The Morgan fingerprint density at radius 1 is 1.80 bits per heavy atom. The maximum absolute atomic E-state index is 8.90. The molecule has 0 saturated heterocycles. The summed E-state index contributed by atoms with van der Waals surface area (Å²) in [7, 11) is 0. The smallest absolute Gasteiger partial charge is 0.341 e. The number of carbonyl (C=O) groups excluding carboxylic acids is 1. The summed E-state index contributed by atoms with van der Waals surface area (Å²) < 4.78 is 3.20. The second-order valence-electron chi connectivity index (χ2n) is 0.468. The van der Waals surface area contributed by atoms with Crippen LogP contribution < -0.4 is 5.26 Å². The van der Waals surface area contributed by atoms with E-state index in [-0.39, 0.29) is 0 Å². The van der Waals surface area contributed by atoms with Crippen molar-refractivity contribution in [3.8, 4) is 0 Å². The van der Waals surface area contributed by atoms with Crippen molar-refractivity contribution in [3.05, 3.63) is 12.7 Å². The predicted octanol–water partition coefficient (Wildman–Crippen LogP) is -0.818. The van der Waals surface area contributed by atoms with Gasteiger partial charge in [-0.15, -0.1) is 0 Å². The summed E-state index contributed by atoms with van der Waals surface area (Å²) in [6.45, 7) is 3.17. The number of aldehydes is 1. The predicted molar refractivity (Wildman–Crippen MR) is 16.3 cm³/mol. The Kier molecular flexibility index (Phi) is 2.70. The monoisotopic (exact) mass is 72.0 g/mol. The highest BCUT2D eigenvalue weighted by Gasteiger charge is 1.56. The molecule has 0 aromatic carbocycles. The third-order valence-electron chi connectivity index (χ3n) is 0.152. The zero-order chi connectivity index (χ0) is 4.12. The maximum atomic E-state index is 8.90. The zero-order valence-electron chi connectivity index (χ0n) is 2.68. The van der Waals surface area contributed by atoms with E-state index in [0.717, 1.165) is 6.29 Å². The highest BCUT2D eigenvalue weighted by Crippen LogP contribution is 1.38. The van der Waals surface area contributed by atoms with Crippen molar-refractivity contribution in [2.24, 2.45) is 0 Å². The molecule has 0 spiro atoms. The molecule has 0 heterocycles. The molecular formula is C3H4O2. The van der Waals surface area contributed by atoms with Crippen molar-refractivity contribution in [2.75, 3.05) is 0 Å². The number of hydrogen-bond acceptors (Lipinski definition) is 1. The van der Waals surface area contributed by atoms with Crippen molar-refractivity contribution < 1.29 is 9.83 Å². The molecule has 0 rings (SSSR count). The molecule has 0 fully saturated rings. The minimum absolute atomic E-state index is 0.958. The Labute approximate surface area is 30.0 Å². The van der Waals surface area contributed by atoms with E-state index in [1.165, 1.54) is 6.08 Å². The molecule has 0 aromatic heterocycles. The fourth-order valence-corrected chi connectivity index (χ4v) is 0.0393. The van der Waals surface area contributed by atoms with E-state index in [1.54, 1.807) is 0 Å².